The summed E-state index contributed by atoms with van der Waals surface area (Å²) in [6.07, 6.45) is 7.01. The number of rotatable bonds is 11. The van der Waals surface area contributed by atoms with Gasteiger partial charge in [0.2, 0.25) is 5.91 Å². The van der Waals surface area contributed by atoms with Gasteiger partial charge in [-0.15, -0.1) is 9.42 Å². The maximum atomic E-state index is 11.7. The van der Waals surface area contributed by atoms with Crippen molar-refractivity contribution >= 4 is 14.2 Å². The number of unbranched alkanes of at least 4 members (excludes halogenated alkanes) is 3. The fourth-order valence-corrected chi connectivity index (χ4v) is 2.08. The highest BCUT2D eigenvalue weighted by molar-refractivity contribution is 7.32. The van der Waals surface area contributed by atoms with E-state index in [1.807, 2.05) is 0 Å². The molecule has 0 aliphatic carbocycles. The Hall–Kier alpha value is -1.34. The van der Waals surface area contributed by atoms with Crippen molar-refractivity contribution < 1.29 is 18.8 Å². The Kier molecular flexibility index (Phi) is 8.77. The molecule has 0 saturated carbocycles. The van der Waals surface area contributed by atoms with Gasteiger partial charge >= 0.3 is 8.25 Å². The summed E-state index contributed by atoms with van der Waals surface area (Å²) in [5.41, 5.74) is 6.62. The number of carbonyl (C=O) groups excluding carboxylic acids is 1. The number of aromatic amines is 1. The van der Waals surface area contributed by atoms with Crippen molar-refractivity contribution in [2.24, 2.45) is 5.73 Å². The van der Waals surface area contributed by atoms with Crippen molar-refractivity contribution in [2.45, 2.75) is 38.1 Å². The number of hydrogen-bond donors (Lipinski definition) is 4. The molecule has 5 N–H and O–H groups in total. The third-order valence-corrected chi connectivity index (χ3v) is 3.31. The van der Waals surface area contributed by atoms with Crippen LogP contribution in [0.25, 0.3) is 0 Å². The summed E-state index contributed by atoms with van der Waals surface area (Å²) in [6, 6.07) is -0.584. The second kappa shape index (κ2) is 10.4. The van der Waals surface area contributed by atoms with Crippen molar-refractivity contribution in [3.8, 4) is 0 Å². The fraction of sp³-hybridized carbons (Fsp3) is 0.667. The van der Waals surface area contributed by atoms with E-state index in [4.69, 9.17) is 10.6 Å². The number of aromatic nitrogens is 2. The first kappa shape index (κ1) is 17.7. The molecule has 1 aromatic heterocycles. The van der Waals surface area contributed by atoms with Crippen LogP contribution in [0.2, 0.25) is 0 Å². The van der Waals surface area contributed by atoms with Gasteiger partial charge in [-0.2, -0.15) is 0 Å². The van der Waals surface area contributed by atoms with Gasteiger partial charge in [0, 0.05) is 29.4 Å². The third kappa shape index (κ3) is 8.52. The molecule has 1 amide bonds. The molecular formula is C12H22N4O4P+. The van der Waals surface area contributed by atoms with Gasteiger partial charge in [0.05, 0.1) is 12.4 Å². The quantitative estimate of drug-likeness (QED) is 0.350. The fourth-order valence-electron chi connectivity index (χ4n) is 1.79. The van der Waals surface area contributed by atoms with Crippen LogP contribution in [0.15, 0.2) is 12.5 Å². The molecule has 9 heteroatoms. The van der Waals surface area contributed by atoms with Crippen LogP contribution in [0.3, 0.4) is 0 Å². The predicted molar refractivity (Wildman–Crippen MR) is 77.5 cm³/mol. The standard InChI is InChI=1S/C12H21N4O4P/c13-11(7-10-8-14-9-16-10)12(17)15-5-3-1-2-4-6-20-21(18)19/h8-9,11H,1-7,13H2,(H2-,14,15,16,17,18,19)/p+1/t11-/m0/s1. The second-order valence-electron chi connectivity index (χ2n) is 4.66. The van der Waals surface area contributed by atoms with E-state index in [0.717, 1.165) is 31.4 Å². The van der Waals surface area contributed by atoms with E-state index in [-0.39, 0.29) is 12.5 Å². The van der Waals surface area contributed by atoms with Gasteiger partial charge in [-0.3, -0.25) is 4.79 Å². The lowest BCUT2D eigenvalue weighted by molar-refractivity contribution is -0.122. The van der Waals surface area contributed by atoms with Crippen LogP contribution < -0.4 is 11.1 Å². The highest BCUT2D eigenvalue weighted by atomic mass is 31.1. The molecule has 0 aliphatic rings. The molecule has 21 heavy (non-hydrogen) atoms. The van der Waals surface area contributed by atoms with E-state index in [1.165, 1.54) is 0 Å². The Bertz CT molecular complexity index is 427. The number of imidazole rings is 1. The van der Waals surface area contributed by atoms with Crippen molar-refractivity contribution in [2.75, 3.05) is 13.2 Å². The second-order valence-corrected chi connectivity index (χ2v) is 5.40. The van der Waals surface area contributed by atoms with Crippen molar-refractivity contribution in [1.29, 1.82) is 0 Å². The van der Waals surface area contributed by atoms with E-state index in [1.54, 1.807) is 12.5 Å². The first-order chi connectivity index (χ1) is 10.1. The van der Waals surface area contributed by atoms with Gasteiger partial charge in [-0.05, 0) is 12.8 Å². The van der Waals surface area contributed by atoms with Crippen LogP contribution in [-0.2, 0) is 20.3 Å². The molecule has 2 atom stereocenters. The molecule has 1 heterocycles. The van der Waals surface area contributed by atoms with Gasteiger partial charge in [-0.25, -0.2) is 4.98 Å². The SMILES string of the molecule is N[C@@H](Cc1cnc[nH]1)C(=O)NCCCCCCO[P+](=O)O. The Morgan fingerprint density at radius 3 is 2.90 bits per heavy atom. The van der Waals surface area contributed by atoms with Crippen LogP contribution in [0.1, 0.15) is 31.4 Å². The zero-order chi connectivity index (χ0) is 15.5. The molecule has 0 aliphatic heterocycles. The molecule has 0 saturated heterocycles. The van der Waals surface area contributed by atoms with Gasteiger partial charge in [-0.1, -0.05) is 12.8 Å². The molecule has 0 bridgehead atoms. The molecule has 0 aromatic carbocycles. The Labute approximate surface area is 124 Å². The Balaban J connectivity index is 1.99. The predicted octanol–water partition coefficient (Wildman–Crippen LogP) is 0.622. The number of amides is 1. The summed E-state index contributed by atoms with van der Waals surface area (Å²) < 4.78 is 14.8. The van der Waals surface area contributed by atoms with Gasteiger partial charge < -0.3 is 16.0 Å². The van der Waals surface area contributed by atoms with Gasteiger partial charge in [0.15, 0.2) is 0 Å². The lowest BCUT2D eigenvalue weighted by Gasteiger charge is -2.11. The average molecular weight is 317 g/mol. The van der Waals surface area contributed by atoms with Crippen molar-refractivity contribution in [3.63, 3.8) is 0 Å². The summed E-state index contributed by atoms with van der Waals surface area (Å²) in [6.45, 7) is 0.859. The lowest BCUT2D eigenvalue weighted by Crippen LogP contribution is -2.42. The maximum Gasteiger partial charge on any atom is 0.694 e. The molecule has 118 valence electrons. The minimum atomic E-state index is -2.49. The number of nitrogens with two attached hydrogens (primary N) is 1. The number of nitrogens with one attached hydrogen (secondary N) is 2. The van der Waals surface area contributed by atoms with E-state index in [9.17, 15) is 9.36 Å². The Morgan fingerprint density at radius 1 is 1.48 bits per heavy atom. The monoisotopic (exact) mass is 317 g/mol. The van der Waals surface area contributed by atoms with Crippen LogP contribution >= 0.6 is 8.25 Å². The highest BCUT2D eigenvalue weighted by Gasteiger charge is 2.14. The average Bonchev–Trinajstić information content (AvgIpc) is 2.94. The van der Waals surface area contributed by atoms with E-state index >= 15 is 0 Å². The maximum absolute atomic E-state index is 11.7. The van der Waals surface area contributed by atoms with Crippen molar-refractivity contribution in [1.82, 2.24) is 15.3 Å². The molecule has 1 rings (SSSR count). The van der Waals surface area contributed by atoms with Gasteiger partial charge in [0.1, 0.15) is 6.61 Å². The van der Waals surface area contributed by atoms with E-state index < -0.39 is 14.3 Å². The summed E-state index contributed by atoms with van der Waals surface area (Å²) in [4.78, 5) is 26.9. The number of carbonyl (C=O) groups is 1. The zero-order valence-corrected chi connectivity index (χ0v) is 12.7. The van der Waals surface area contributed by atoms with E-state index in [0.29, 0.717) is 13.0 Å². The minimum Gasteiger partial charge on any atom is -0.355 e. The minimum absolute atomic E-state index is 0.176. The largest absolute Gasteiger partial charge is 0.694 e. The first-order valence-corrected chi connectivity index (χ1v) is 8.02. The normalized spacial score (nSPS) is 13.0. The molecule has 1 aromatic rings. The van der Waals surface area contributed by atoms with Crippen LogP contribution in [-0.4, -0.2) is 40.0 Å². The zero-order valence-electron chi connectivity index (χ0n) is 11.8. The summed E-state index contributed by atoms with van der Waals surface area (Å²) in [5, 5.41) is 2.79. The third-order valence-electron chi connectivity index (χ3n) is 2.90. The summed E-state index contributed by atoms with van der Waals surface area (Å²) >= 11 is 0. The Morgan fingerprint density at radius 2 is 2.24 bits per heavy atom. The molecule has 0 fully saturated rings. The number of hydrogen-bond acceptors (Lipinski definition) is 5. The number of H-pyrrole nitrogens is 1. The van der Waals surface area contributed by atoms with Gasteiger partial charge in [0.25, 0.3) is 0 Å². The molecule has 0 radical (unpaired) electrons. The van der Waals surface area contributed by atoms with Crippen LogP contribution in [0.5, 0.6) is 0 Å². The first-order valence-electron chi connectivity index (χ1n) is 6.89. The molecular weight excluding hydrogens is 295 g/mol. The topological polar surface area (TPSA) is 130 Å². The van der Waals surface area contributed by atoms with Crippen LogP contribution in [0, 0.1) is 0 Å². The molecule has 0 spiro atoms. The van der Waals surface area contributed by atoms with Crippen LogP contribution in [0.4, 0.5) is 0 Å². The highest BCUT2D eigenvalue weighted by Crippen LogP contribution is 2.15. The smallest absolute Gasteiger partial charge is 0.355 e. The molecule has 1 unspecified atom stereocenters. The summed E-state index contributed by atoms with van der Waals surface area (Å²) in [5.74, 6) is -0.176. The number of nitrogens with zero attached hydrogens (tertiary/aromatic N) is 1. The van der Waals surface area contributed by atoms with Crippen molar-refractivity contribution in [3.05, 3.63) is 18.2 Å². The lowest BCUT2D eigenvalue weighted by atomic mass is 10.1. The van der Waals surface area contributed by atoms with E-state index in [2.05, 4.69) is 19.8 Å². The summed E-state index contributed by atoms with van der Waals surface area (Å²) in [7, 11) is -2.49. The molecule has 8 nitrogen and oxygen atoms in total.